The van der Waals surface area contributed by atoms with Gasteiger partial charge in [-0.25, -0.2) is 4.98 Å². The van der Waals surface area contributed by atoms with Crippen LogP contribution < -0.4 is 15.5 Å². The molecule has 2 atom stereocenters. The van der Waals surface area contributed by atoms with E-state index in [1.165, 1.54) is 32.1 Å². The van der Waals surface area contributed by atoms with Gasteiger partial charge in [0.05, 0.1) is 0 Å². The zero-order valence-electron chi connectivity index (χ0n) is 14.4. The van der Waals surface area contributed by atoms with E-state index in [9.17, 15) is 0 Å². The monoisotopic (exact) mass is 367 g/mol. The summed E-state index contributed by atoms with van der Waals surface area (Å²) < 4.78 is 0. The highest BCUT2D eigenvalue weighted by atomic mass is 35.5. The van der Waals surface area contributed by atoms with E-state index in [0.29, 0.717) is 34.1 Å². The Hall–Kier alpha value is -1.14. The van der Waals surface area contributed by atoms with Crippen LogP contribution in [0.5, 0.6) is 0 Å². The van der Waals surface area contributed by atoms with Gasteiger partial charge in [-0.2, -0.15) is 4.98 Å². The number of piperidine rings is 1. The van der Waals surface area contributed by atoms with Gasteiger partial charge in [0, 0.05) is 25.2 Å². The van der Waals surface area contributed by atoms with Gasteiger partial charge in [-0.05, 0) is 43.3 Å². The summed E-state index contributed by atoms with van der Waals surface area (Å²) in [5, 5.41) is 7.46. The molecular weight excluding hydrogens is 342 g/mol. The summed E-state index contributed by atoms with van der Waals surface area (Å²) in [4.78, 5) is 11.2. The molecule has 132 valence electrons. The van der Waals surface area contributed by atoms with Crippen LogP contribution in [-0.4, -0.2) is 34.2 Å². The number of aromatic nitrogens is 2. The molecule has 2 N–H and O–H groups in total. The summed E-state index contributed by atoms with van der Waals surface area (Å²) in [6, 6.07) is 2.30. The Balaban J connectivity index is 1.67. The molecule has 1 aromatic rings. The molecule has 1 saturated carbocycles. The van der Waals surface area contributed by atoms with Crippen molar-refractivity contribution in [2.75, 3.05) is 23.3 Å². The summed E-state index contributed by atoms with van der Waals surface area (Å²) in [7, 11) is 0. The second kappa shape index (κ2) is 7.83. The highest BCUT2D eigenvalue weighted by Crippen LogP contribution is 2.27. The first kappa shape index (κ1) is 17.7. The van der Waals surface area contributed by atoms with Crippen molar-refractivity contribution >= 4 is 40.7 Å². The third-order valence-electron chi connectivity index (χ3n) is 4.79. The van der Waals surface area contributed by atoms with Crippen LogP contribution in [0.25, 0.3) is 0 Å². The molecule has 2 fully saturated rings. The van der Waals surface area contributed by atoms with Gasteiger partial charge in [0.1, 0.15) is 11.0 Å². The molecule has 0 aromatic carbocycles. The van der Waals surface area contributed by atoms with Crippen molar-refractivity contribution in [3.63, 3.8) is 0 Å². The molecule has 0 bridgehead atoms. The van der Waals surface area contributed by atoms with Crippen LogP contribution in [0.4, 0.5) is 11.8 Å². The zero-order valence-corrected chi connectivity index (χ0v) is 16.0. The van der Waals surface area contributed by atoms with Crippen molar-refractivity contribution in [2.24, 2.45) is 11.8 Å². The molecule has 0 spiro atoms. The average Bonchev–Trinajstić information content (AvgIpc) is 2.98. The van der Waals surface area contributed by atoms with Crippen molar-refractivity contribution in [2.45, 2.75) is 52.0 Å². The third-order valence-corrected chi connectivity index (χ3v) is 5.20. The summed E-state index contributed by atoms with van der Waals surface area (Å²) in [6.45, 7) is 6.57. The molecule has 2 aliphatic rings. The highest BCUT2D eigenvalue weighted by Gasteiger charge is 2.24. The Morgan fingerprint density at radius 2 is 1.88 bits per heavy atom. The molecular formula is C17H26ClN5S. The maximum atomic E-state index is 6.21. The fraction of sp³-hybridized carbons (Fsp3) is 0.706. The predicted molar refractivity (Wildman–Crippen MR) is 104 cm³/mol. The number of anilines is 2. The van der Waals surface area contributed by atoms with E-state index >= 15 is 0 Å². The van der Waals surface area contributed by atoms with E-state index in [1.54, 1.807) is 0 Å². The van der Waals surface area contributed by atoms with Crippen molar-refractivity contribution in [3.05, 3.63) is 11.2 Å². The maximum absolute atomic E-state index is 6.21. The minimum atomic E-state index is 0.442. The molecule has 1 aromatic heterocycles. The second-order valence-electron chi connectivity index (χ2n) is 7.30. The van der Waals surface area contributed by atoms with Crippen LogP contribution in [0, 0.1) is 11.8 Å². The van der Waals surface area contributed by atoms with E-state index in [-0.39, 0.29) is 0 Å². The van der Waals surface area contributed by atoms with Crippen molar-refractivity contribution < 1.29 is 0 Å². The van der Waals surface area contributed by atoms with Crippen LogP contribution >= 0.6 is 23.8 Å². The number of rotatable bonds is 3. The van der Waals surface area contributed by atoms with Crippen LogP contribution in [0.15, 0.2) is 6.07 Å². The van der Waals surface area contributed by atoms with Crippen LogP contribution in [0.2, 0.25) is 5.15 Å². The number of halogens is 1. The quantitative estimate of drug-likeness (QED) is 0.625. The van der Waals surface area contributed by atoms with Gasteiger partial charge < -0.3 is 15.5 Å². The lowest BCUT2D eigenvalue weighted by Gasteiger charge is -2.35. The van der Waals surface area contributed by atoms with Gasteiger partial charge in [-0.1, -0.05) is 38.3 Å². The zero-order chi connectivity index (χ0) is 17.1. The molecule has 0 unspecified atom stereocenters. The molecule has 7 heteroatoms. The Kier molecular flexibility index (Phi) is 5.76. The summed E-state index contributed by atoms with van der Waals surface area (Å²) >= 11 is 11.6. The van der Waals surface area contributed by atoms with Gasteiger partial charge >= 0.3 is 0 Å². The maximum Gasteiger partial charge on any atom is 0.232 e. The first-order valence-electron chi connectivity index (χ1n) is 8.86. The summed E-state index contributed by atoms with van der Waals surface area (Å²) in [6.07, 6.45) is 6.14. The summed E-state index contributed by atoms with van der Waals surface area (Å²) in [5.74, 6) is 2.66. The Morgan fingerprint density at radius 1 is 1.21 bits per heavy atom. The SMILES string of the molecule is C[C@@H]1C[C@H](C)CN(c2cc(Cl)nc(NC(=S)NC3CCCC3)n2)C1. The molecule has 0 amide bonds. The second-order valence-corrected chi connectivity index (χ2v) is 8.10. The lowest BCUT2D eigenvalue weighted by atomic mass is 9.92. The van der Waals surface area contributed by atoms with Crippen molar-refractivity contribution in [3.8, 4) is 0 Å². The summed E-state index contributed by atoms with van der Waals surface area (Å²) in [5.41, 5.74) is 0. The minimum Gasteiger partial charge on any atom is -0.360 e. The normalized spacial score (nSPS) is 24.9. The molecule has 5 nitrogen and oxygen atoms in total. The molecule has 3 rings (SSSR count). The number of nitrogens with zero attached hydrogens (tertiary/aromatic N) is 3. The lowest BCUT2D eigenvalue weighted by molar-refractivity contribution is 0.355. The minimum absolute atomic E-state index is 0.442. The Labute approximate surface area is 154 Å². The molecule has 2 heterocycles. The fourth-order valence-corrected chi connectivity index (χ4v) is 4.30. The number of thiocarbonyl (C=S) groups is 1. The molecule has 1 aliphatic carbocycles. The van der Waals surface area contributed by atoms with E-state index in [1.807, 2.05) is 6.07 Å². The van der Waals surface area contributed by atoms with E-state index in [0.717, 1.165) is 18.9 Å². The number of hydrogen-bond donors (Lipinski definition) is 2. The molecule has 24 heavy (non-hydrogen) atoms. The number of hydrogen-bond acceptors (Lipinski definition) is 4. The molecule has 0 radical (unpaired) electrons. The van der Waals surface area contributed by atoms with E-state index < -0.39 is 0 Å². The Bertz CT molecular complexity index is 580. The predicted octanol–water partition coefficient (Wildman–Crippen LogP) is 3.84. The average molecular weight is 368 g/mol. The first-order valence-corrected chi connectivity index (χ1v) is 9.65. The topological polar surface area (TPSA) is 53.1 Å². The Morgan fingerprint density at radius 3 is 2.54 bits per heavy atom. The van der Waals surface area contributed by atoms with Gasteiger partial charge in [0.2, 0.25) is 5.95 Å². The third kappa shape index (κ3) is 4.70. The van der Waals surface area contributed by atoms with Gasteiger partial charge in [0.25, 0.3) is 0 Å². The van der Waals surface area contributed by atoms with Gasteiger partial charge in [-0.3, -0.25) is 0 Å². The van der Waals surface area contributed by atoms with E-state index in [2.05, 4.69) is 39.3 Å². The van der Waals surface area contributed by atoms with Crippen LogP contribution in [0.3, 0.4) is 0 Å². The van der Waals surface area contributed by atoms with Crippen molar-refractivity contribution in [1.29, 1.82) is 0 Å². The van der Waals surface area contributed by atoms with Crippen LogP contribution in [0.1, 0.15) is 46.0 Å². The standard InChI is InChI=1S/C17H26ClN5S/c1-11-7-12(2)10-23(9-11)15-8-14(18)20-16(21-15)22-17(24)19-13-5-3-4-6-13/h8,11-13H,3-7,9-10H2,1-2H3,(H2,19,20,21,22,24)/t11-,12+. The fourth-order valence-electron chi connectivity index (χ4n) is 3.87. The van der Waals surface area contributed by atoms with Gasteiger partial charge in [0.15, 0.2) is 5.11 Å². The molecule has 1 aliphatic heterocycles. The lowest BCUT2D eigenvalue weighted by Crippen LogP contribution is -2.39. The van der Waals surface area contributed by atoms with Crippen molar-refractivity contribution in [1.82, 2.24) is 15.3 Å². The largest absolute Gasteiger partial charge is 0.360 e. The number of nitrogens with one attached hydrogen (secondary N) is 2. The van der Waals surface area contributed by atoms with Crippen LogP contribution in [-0.2, 0) is 0 Å². The molecule has 1 saturated heterocycles. The highest BCUT2D eigenvalue weighted by molar-refractivity contribution is 7.80. The van der Waals surface area contributed by atoms with E-state index in [4.69, 9.17) is 23.8 Å². The smallest absolute Gasteiger partial charge is 0.232 e. The van der Waals surface area contributed by atoms with Gasteiger partial charge in [-0.15, -0.1) is 0 Å². The first-order chi connectivity index (χ1) is 11.5.